The van der Waals surface area contributed by atoms with E-state index in [0.29, 0.717) is 17.5 Å². The van der Waals surface area contributed by atoms with Gasteiger partial charge in [0, 0.05) is 17.7 Å². The number of nitrogens with one attached hydrogen (secondary N) is 2. The van der Waals surface area contributed by atoms with Gasteiger partial charge in [0.2, 0.25) is 0 Å². The van der Waals surface area contributed by atoms with Gasteiger partial charge in [-0.15, -0.1) is 0 Å². The lowest BCUT2D eigenvalue weighted by Gasteiger charge is -2.09. The van der Waals surface area contributed by atoms with E-state index in [1.165, 1.54) is 18.3 Å². The predicted octanol–water partition coefficient (Wildman–Crippen LogP) is 1.99. The van der Waals surface area contributed by atoms with Crippen LogP contribution in [0.5, 0.6) is 0 Å². The van der Waals surface area contributed by atoms with Crippen molar-refractivity contribution in [2.75, 3.05) is 4.72 Å². The van der Waals surface area contributed by atoms with Crippen LogP contribution in [-0.4, -0.2) is 23.5 Å². The molecule has 112 valence electrons. The summed E-state index contributed by atoms with van der Waals surface area (Å²) in [4.78, 5) is 10.0. The number of sulfonamides is 1. The fraction of sp³-hybridized carbons (Fsp3) is 0.250. The molecule has 2 rings (SSSR count). The lowest BCUT2D eigenvalue weighted by molar-refractivity contribution is -0.385. The highest BCUT2D eigenvalue weighted by molar-refractivity contribution is 7.92. The summed E-state index contributed by atoms with van der Waals surface area (Å²) in [6.45, 7) is 3.44. The van der Waals surface area contributed by atoms with E-state index in [0.717, 1.165) is 6.07 Å². The molecule has 1 aromatic carbocycles. The Labute approximate surface area is 121 Å². The van der Waals surface area contributed by atoms with Crippen molar-refractivity contribution in [1.82, 2.24) is 10.2 Å². The second-order valence-electron chi connectivity index (χ2n) is 4.44. The number of nitro benzene ring substituents is 1. The van der Waals surface area contributed by atoms with Crippen molar-refractivity contribution in [3.8, 4) is 0 Å². The normalized spacial score (nSPS) is 11.3. The number of nitro groups is 1. The molecular weight excluding hydrogens is 296 g/mol. The average molecular weight is 310 g/mol. The van der Waals surface area contributed by atoms with E-state index in [-0.39, 0.29) is 16.4 Å². The number of H-pyrrole nitrogens is 1. The molecule has 0 aliphatic heterocycles. The van der Waals surface area contributed by atoms with E-state index in [4.69, 9.17) is 0 Å². The van der Waals surface area contributed by atoms with Gasteiger partial charge in [-0.05, 0) is 18.9 Å². The van der Waals surface area contributed by atoms with Gasteiger partial charge in [-0.1, -0.05) is 13.0 Å². The minimum Gasteiger partial charge on any atom is -0.263 e. The Balaban J connectivity index is 2.44. The van der Waals surface area contributed by atoms with Gasteiger partial charge in [-0.3, -0.25) is 19.9 Å². The summed E-state index contributed by atoms with van der Waals surface area (Å²) in [5.41, 5.74) is 0.855. The van der Waals surface area contributed by atoms with Crippen LogP contribution in [0.3, 0.4) is 0 Å². The molecule has 0 amide bonds. The zero-order valence-corrected chi connectivity index (χ0v) is 12.3. The van der Waals surface area contributed by atoms with Crippen molar-refractivity contribution in [2.45, 2.75) is 25.2 Å². The topological polar surface area (TPSA) is 118 Å². The van der Waals surface area contributed by atoms with Crippen molar-refractivity contribution >= 4 is 21.5 Å². The van der Waals surface area contributed by atoms with Gasteiger partial charge in [0.25, 0.3) is 15.7 Å². The summed E-state index contributed by atoms with van der Waals surface area (Å²) in [5.74, 6) is 0.267. The van der Waals surface area contributed by atoms with E-state index in [9.17, 15) is 18.5 Å². The fourth-order valence-electron chi connectivity index (χ4n) is 1.85. The van der Waals surface area contributed by atoms with Gasteiger partial charge in [-0.2, -0.15) is 5.10 Å². The highest BCUT2D eigenvalue weighted by Crippen LogP contribution is 2.24. The molecule has 0 aliphatic rings. The number of non-ortho nitro benzene ring substituents is 1. The van der Waals surface area contributed by atoms with Crippen LogP contribution in [0.15, 0.2) is 29.3 Å². The van der Waals surface area contributed by atoms with E-state index in [2.05, 4.69) is 14.9 Å². The largest absolute Gasteiger partial charge is 0.270 e. The highest BCUT2D eigenvalue weighted by atomic mass is 32.2. The number of nitrogens with zero attached hydrogens (tertiary/aromatic N) is 2. The number of aromatic nitrogens is 2. The minimum absolute atomic E-state index is 0.131. The van der Waals surface area contributed by atoms with Gasteiger partial charge in [-0.25, -0.2) is 8.42 Å². The Bertz CT molecular complexity index is 782. The first-order chi connectivity index (χ1) is 9.85. The zero-order chi connectivity index (χ0) is 15.6. The SMILES string of the molecule is CCc1cn[nH]c1NS(=O)(=O)c1cc([N+](=O)[O-])ccc1C. The van der Waals surface area contributed by atoms with Crippen molar-refractivity contribution in [1.29, 1.82) is 0 Å². The quantitative estimate of drug-likeness (QED) is 0.646. The van der Waals surface area contributed by atoms with Crippen LogP contribution in [0.25, 0.3) is 0 Å². The molecule has 0 spiro atoms. The number of anilines is 1. The second kappa shape index (κ2) is 5.52. The molecule has 0 saturated heterocycles. The molecule has 0 atom stereocenters. The van der Waals surface area contributed by atoms with Gasteiger partial charge < -0.3 is 0 Å². The summed E-state index contributed by atoms with van der Waals surface area (Å²) in [5, 5.41) is 17.1. The molecule has 0 unspecified atom stereocenters. The Morgan fingerprint density at radius 1 is 1.43 bits per heavy atom. The molecule has 9 heteroatoms. The first-order valence-electron chi connectivity index (χ1n) is 6.15. The monoisotopic (exact) mass is 310 g/mol. The van der Waals surface area contributed by atoms with Gasteiger partial charge in [0.15, 0.2) is 0 Å². The molecule has 2 N–H and O–H groups in total. The number of benzene rings is 1. The number of hydrogen-bond acceptors (Lipinski definition) is 5. The minimum atomic E-state index is -3.93. The van der Waals surface area contributed by atoms with Crippen LogP contribution in [0.1, 0.15) is 18.1 Å². The number of hydrogen-bond donors (Lipinski definition) is 2. The van der Waals surface area contributed by atoms with Crippen LogP contribution in [-0.2, 0) is 16.4 Å². The molecule has 2 aromatic rings. The van der Waals surface area contributed by atoms with Crippen LogP contribution in [0.4, 0.5) is 11.5 Å². The fourth-order valence-corrected chi connectivity index (χ4v) is 3.17. The first kappa shape index (κ1) is 15.0. The van der Waals surface area contributed by atoms with Crippen LogP contribution in [0, 0.1) is 17.0 Å². The molecule has 21 heavy (non-hydrogen) atoms. The lowest BCUT2D eigenvalue weighted by atomic mass is 10.2. The maximum atomic E-state index is 12.4. The standard InChI is InChI=1S/C12H14N4O4S/c1-3-9-7-13-14-12(9)15-21(19,20)11-6-10(16(17)18)5-4-8(11)2/h4-7H,3H2,1-2H3,(H2,13,14,15). The van der Waals surface area contributed by atoms with Crippen molar-refractivity contribution in [3.63, 3.8) is 0 Å². The predicted molar refractivity (Wildman–Crippen MR) is 76.6 cm³/mol. The van der Waals surface area contributed by atoms with Crippen molar-refractivity contribution in [2.24, 2.45) is 0 Å². The third-order valence-electron chi connectivity index (χ3n) is 3.01. The summed E-state index contributed by atoms with van der Waals surface area (Å²) in [6.07, 6.45) is 2.13. The summed E-state index contributed by atoms with van der Waals surface area (Å²) < 4.78 is 27.1. The van der Waals surface area contributed by atoms with Crippen LogP contribution < -0.4 is 4.72 Å². The third-order valence-corrected chi connectivity index (χ3v) is 4.50. The molecule has 0 bridgehead atoms. The molecule has 1 heterocycles. The molecule has 1 aromatic heterocycles. The number of aromatic amines is 1. The maximum absolute atomic E-state index is 12.4. The zero-order valence-electron chi connectivity index (χ0n) is 11.5. The van der Waals surface area contributed by atoms with Crippen molar-refractivity contribution in [3.05, 3.63) is 45.6 Å². The Morgan fingerprint density at radius 2 is 2.14 bits per heavy atom. The summed E-state index contributed by atoms with van der Waals surface area (Å²) in [7, 11) is -3.93. The smallest absolute Gasteiger partial charge is 0.263 e. The first-order valence-corrected chi connectivity index (χ1v) is 7.63. The summed E-state index contributed by atoms with van der Waals surface area (Å²) >= 11 is 0. The highest BCUT2D eigenvalue weighted by Gasteiger charge is 2.22. The third kappa shape index (κ3) is 3.02. The average Bonchev–Trinajstić information content (AvgIpc) is 2.85. The van der Waals surface area contributed by atoms with Gasteiger partial charge in [0.05, 0.1) is 16.0 Å². The van der Waals surface area contributed by atoms with E-state index < -0.39 is 14.9 Å². The second-order valence-corrected chi connectivity index (χ2v) is 6.09. The molecule has 0 aliphatic carbocycles. The molecule has 0 saturated carbocycles. The molecule has 8 nitrogen and oxygen atoms in total. The molecule has 0 fully saturated rings. The number of aryl methyl sites for hydroxylation is 2. The Hall–Kier alpha value is -2.42. The Morgan fingerprint density at radius 3 is 2.76 bits per heavy atom. The van der Waals surface area contributed by atoms with Crippen LogP contribution >= 0.6 is 0 Å². The van der Waals surface area contributed by atoms with Crippen molar-refractivity contribution < 1.29 is 13.3 Å². The van der Waals surface area contributed by atoms with Gasteiger partial charge >= 0.3 is 0 Å². The maximum Gasteiger partial charge on any atom is 0.270 e. The lowest BCUT2D eigenvalue weighted by Crippen LogP contribution is -2.15. The number of rotatable bonds is 5. The van der Waals surface area contributed by atoms with Crippen LogP contribution in [0.2, 0.25) is 0 Å². The Kier molecular flexibility index (Phi) is 3.94. The van der Waals surface area contributed by atoms with E-state index >= 15 is 0 Å². The molecular formula is C12H14N4O4S. The van der Waals surface area contributed by atoms with E-state index in [1.807, 2.05) is 6.92 Å². The van der Waals surface area contributed by atoms with E-state index in [1.54, 1.807) is 6.92 Å². The van der Waals surface area contributed by atoms with Gasteiger partial charge in [0.1, 0.15) is 5.82 Å². The molecule has 0 radical (unpaired) electrons. The summed E-state index contributed by atoms with van der Waals surface area (Å²) in [6, 6.07) is 3.71.